The normalized spacial score (nSPS) is 28.8. The minimum Gasteiger partial charge on any atom is -0.445 e. The van der Waals surface area contributed by atoms with Crippen molar-refractivity contribution in [3.8, 4) is 0 Å². The van der Waals surface area contributed by atoms with Crippen LogP contribution < -0.4 is 5.73 Å². The Kier molecular flexibility index (Phi) is 7.15. The zero-order valence-corrected chi connectivity index (χ0v) is 23.4. The molecule has 5 aliphatic rings. The van der Waals surface area contributed by atoms with Gasteiger partial charge in [-0.15, -0.1) is 0 Å². The second-order valence-electron chi connectivity index (χ2n) is 12.2. The van der Waals surface area contributed by atoms with E-state index in [-0.39, 0.29) is 42.5 Å². The summed E-state index contributed by atoms with van der Waals surface area (Å²) in [4.78, 5) is 31.4. The molecule has 1 spiro atoms. The molecule has 0 radical (unpaired) electrons. The Morgan fingerprint density at radius 3 is 2.54 bits per heavy atom. The van der Waals surface area contributed by atoms with Gasteiger partial charge in [-0.2, -0.15) is 0 Å². The number of hydrogen-bond acceptors (Lipinski definition) is 4. The summed E-state index contributed by atoms with van der Waals surface area (Å²) < 4.78 is 6.74. The summed E-state index contributed by atoms with van der Waals surface area (Å²) in [6, 6.07) is 9.22. The number of carbonyl (C=O) groups is 2. The van der Waals surface area contributed by atoms with E-state index in [0.717, 1.165) is 55.2 Å². The maximum Gasteiger partial charge on any atom is 0.410 e. The van der Waals surface area contributed by atoms with Crippen molar-refractivity contribution < 1.29 is 18.8 Å². The molecule has 4 atom stereocenters. The highest BCUT2D eigenvalue weighted by Crippen LogP contribution is 2.49. The maximum atomic E-state index is 14.0. The third-order valence-electron chi connectivity index (χ3n) is 9.98. The second-order valence-corrected chi connectivity index (χ2v) is 12.2. The summed E-state index contributed by atoms with van der Waals surface area (Å²) in [5, 5.41) is 0. The molecule has 1 saturated carbocycles. The van der Waals surface area contributed by atoms with Crippen molar-refractivity contribution in [3.63, 3.8) is 0 Å². The minimum absolute atomic E-state index is 0.0449. The number of allylic oxidation sites excluding steroid dienone is 4. The number of amides is 2. The number of nitrogens with two attached hydrogens (primary N) is 1. The zero-order valence-electron chi connectivity index (χ0n) is 23.4. The highest BCUT2D eigenvalue weighted by Gasteiger charge is 2.58. The monoisotopic (exact) mass is 531 g/mol. The standard InChI is InChI=1S/C32H43N4O3/c1-3-10-25-22(2)36(17-18-36)20-27(25)26-19-35(32(38)39-21-23-11-6-4-7-12-23)28-15-16-34(30(26)28)31(37)29(33)24-13-8-5-9-14-24/h3-4,6-7,10-12,20,24,26,28-30H,5,8-9,13-19,21,33H2,1-2H3/q+1. The number of benzene rings is 1. The van der Waals surface area contributed by atoms with Crippen LogP contribution in [0.5, 0.6) is 0 Å². The molecule has 2 amide bonds. The number of rotatable bonds is 6. The van der Waals surface area contributed by atoms with Crippen molar-refractivity contribution in [1.82, 2.24) is 9.80 Å². The van der Waals surface area contributed by atoms with E-state index in [1.807, 2.05) is 40.1 Å². The van der Waals surface area contributed by atoms with Crippen molar-refractivity contribution >= 4 is 12.0 Å². The lowest BCUT2D eigenvalue weighted by Crippen LogP contribution is -2.52. The van der Waals surface area contributed by atoms with E-state index < -0.39 is 6.04 Å². The molecule has 1 aromatic carbocycles. The van der Waals surface area contributed by atoms with Crippen LogP contribution >= 0.6 is 0 Å². The summed E-state index contributed by atoms with van der Waals surface area (Å²) in [5.41, 5.74) is 11.6. The van der Waals surface area contributed by atoms with Gasteiger partial charge >= 0.3 is 6.09 Å². The van der Waals surface area contributed by atoms with Crippen LogP contribution in [0.3, 0.4) is 0 Å². The van der Waals surface area contributed by atoms with Gasteiger partial charge < -0.3 is 20.3 Å². The van der Waals surface area contributed by atoms with Gasteiger partial charge in [-0.05, 0) is 37.7 Å². The van der Waals surface area contributed by atoms with Gasteiger partial charge in [0, 0.05) is 37.1 Å². The lowest BCUT2D eigenvalue weighted by molar-refractivity contribution is -0.696. The third-order valence-corrected chi connectivity index (χ3v) is 9.98. The molecule has 0 bridgehead atoms. The fourth-order valence-electron chi connectivity index (χ4n) is 7.65. The maximum absolute atomic E-state index is 14.0. The van der Waals surface area contributed by atoms with Gasteiger partial charge in [-0.1, -0.05) is 61.7 Å². The Morgan fingerprint density at radius 2 is 1.85 bits per heavy atom. The average molecular weight is 532 g/mol. The SMILES string of the molecule is CC=CC1=C(C)[N+]2(C=C1C1CN(C(=O)OCc3ccccc3)C3CCN(C(=O)C(N)C4CCCCC4)C13)CC2. The molecule has 2 N–H and O–H groups in total. The molecule has 4 aliphatic heterocycles. The predicted molar refractivity (Wildman–Crippen MR) is 151 cm³/mol. The van der Waals surface area contributed by atoms with E-state index >= 15 is 0 Å². The Hall–Kier alpha value is -2.90. The number of likely N-dealkylation sites (tertiary alicyclic amines) is 2. The van der Waals surface area contributed by atoms with Gasteiger partial charge in [0.1, 0.15) is 31.6 Å². The van der Waals surface area contributed by atoms with E-state index in [2.05, 4.69) is 32.2 Å². The molecule has 1 aromatic rings. The van der Waals surface area contributed by atoms with Crippen LogP contribution in [0.2, 0.25) is 0 Å². The molecule has 208 valence electrons. The molecule has 4 heterocycles. The fourth-order valence-corrected chi connectivity index (χ4v) is 7.65. The first-order valence-electron chi connectivity index (χ1n) is 14.9. The molecule has 4 fully saturated rings. The van der Waals surface area contributed by atoms with Crippen LogP contribution in [0.1, 0.15) is 57.9 Å². The molecule has 6 rings (SSSR count). The van der Waals surface area contributed by atoms with Crippen LogP contribution in [0, 0.1) is 11.8 Å². The van der Waals surface area contributed by atoms with Crippen LogP contribution in [0.15, 0.2) is 65.5 Å². The Labute approximate surface area is 232 Å². The van der Waals surface area contributed by atoms with E-state index in [9.17, 15) is 9.59 Å². The van der Waals surface area contributed by atoms with Gasteiger partial charge in [-0.25, -0.2) is 4.79 Å². The van der Waals surface area contributed by atoms with Crippen molar-refractivity contribution in [2.24, 2.45) is 17.6 Å². The molecular formula is C32H43N4O3+. The molecule has 7 nitrogen and oxygen atoms in total. The summed E-state index contributed by atoms with van der Waals surface area (Å²) in [6.45, 7) is 7.99. The molecule has 0 aromatic heterocycles. The highest BCUT2D eigenvalue weighted by atomic mass is 16.6. The fraction of sp³-hybridized carbons (Fsp3) is 0.562. The van der Waals surface area contributed by atoms with Gasteiger partial charge in [0.15, 0.2) is 0 Å². The topological polar surface area (TPSA) is 75.9 Å². The summed E-state index contributed by atoms with van der Waals surface area (Å²) >= 11 is 0. The number of quaternary nitrogens is 1. The van der Waals surface area contributed by atoms with Gasteiger partial charge in [0.25, 0.3) is 0 Å². The third kappa shape index (κ3) is 4.74. The van der Waals surface area contributed by atoms with E-state index in [0.29, 0.717) is 13.1 Å². The lowest BCUT2D eigenvalue weighted by atomic mass is 9.83. The van der Waals surface area contributed by atoms with Crippen LogP contribution in [-0.4, -0.2) is 70.6 Å². The second kappa shape index (κ2) is 10.6. The quantitative estimate of drug-likeness (QED) is 0.426. The van der Waals surface area contributed by atoms with Gasteiger partial charge in [0.05, 0.1) is 18.1 Å². The zero-order chi connectivity index (χ0) is 27.1. The van der Waals surface area contributed by atoms with Gasteiger partial charge in [0.2, 0.25) is 5.91 Å². The smallest absolute Gasteiger partial charge is 0.410 e. The van der Waals surface area contributed by atoms with Crippen LogP contribution in [0.25, 0.3) is 0 Å². The Morgan fingerprint density at radius 1 is 1.10 bits per heavy atom. The Balaban J connectivity index is 1.29. The molecule has 4 unspecified atom stereocenters. The summed E-state index contributed by atoms with van der Waals surface area (Å²) in [7, 11) is 0. The molecule has 1 aliphatic carbocycles. The Bertz CT molecular complexity index is 1200. The van der Waals surface area contributed by atoms with Crippen molar-refractivity contribution in [1.29, 1.82) is 0 Å². The first-order chi connectivity index (χ1) is 18.9. The number of nitrogens with zero attached hydrogens (tertiary/aromatic N) is 3. The van der Waals surface area contributed by atoms with Crippen LogP contribution in [0.4, 0.5) is 4.79 Å². The number of fused-ring (bicyclic) bond motifs is 1. The van der Waals surface area contributed by atoms with E-state index in [1.54, 1.807) is 0 Å². The predicted octanol–water partition coefficient (Wildman–Crippen LogP) is 4.71. The summed E-state index contributed by atoms with van der Waals surface area (Å²) in [5.74, 6) is 0.375. The largest absolute Gasteiger partial charge is 0.445 e. The first kappa shape index (κ1) is 26.3. The molecule has 3 saturated heterocycles. The minimum atomic E-state index is -0.459. The van der Waals surface area contributed by atoms with Crippen molar-refractivity contribution in [3.05, 3.63) is 71.1 Å². The summed E-state index contributed by atoms with van der Waals surface area (Å²) in [6.07, 6.45) is 12.8. The molecular weight excluding hydrogens is 488 g/mol. The lowest BCUT2D eigenvalue weighted by Gasteiger charge is -2.34. The molecule has 39 heavy (non-hydrogen) atoms. The van der Waals surface area contributed by atoms with Crippen LogP contribution in [-0.2, 0) is 16.1 Å². The number of hydrogen-bond donors (Lipinski definition) is 1. The van der Waals surface area contributed by atoms with Crippen molar-refractivity contribution in [2.45, 2.75) is 77.1 Å². The van der Waals surface area contributed by atoms with Crippen molar-refractivity contribution in [2.75, 3.05) is 26.2 Å². The molecule has 7 heteroatoms. The van der Waals surface area contributed by atoms with E-state index in [1.165, 1.54) is 23.3 Å². The first-order valence-corrected chi connectivity index (χ1v) is 14.9. The van der Waals surface area contributed by atoms with Gasteiger partial charge in [-0.3, -0.25) is 9.28 Å². The average Bonchev–Trinajstić information content (AvgIpc) is 3.35. The van der Waals surface area contributed by atoms with E-state index in [4.69, 9.17) is 10.5 Å². The highest BCUT2D eigenvalue weighted by molar-refractivity contribution is 5.83. The number of ether oxygens (including phenoxy) is 1. The number of carbonyl (C=O) groups excluding carboxylic acids is 2.